The second-order valence-electron chi connectivity index (χ2n) is 5.74. The van der Waals surface area contributed by atoms with E-state index in [2.05, 4.69) is 4.98 Å². The zero-order chi connectivity index (χ0) is 19.7. The van der Waals surface area contributed by atoms with Crippen LogP contribution in [0.25, 0.3) is 10.2 Å². The van der Waals surface area contributed by atoms with Gasteiger partial charge in [-0.1, -0.05) is 17.4 Å². The summed E-state index contributed by atoms with van der Waals surface area (Å²) in [7, 11) is 2.35. The smallest absolute Gasteiger partial charge is 0.340 e. The molecule has 27 heavy (non-hydrogen) atoms. The van der Waals surface area contributed by atoms with Crippen LogP contribution in [0.2, 0.25) is 0 Å². The summed E-state index contributed by atoms with van der Waals surface area (Å²) >= 11 is 1.23. The van der Waals surface area contributed by atoms with E-state index in [-0.39, 0.29) is 23.1 Å². The number of esters is 2. The molecule has 1 unspecified atom stereocenters. The van der Waals surface area contributed by atoms with Gasteiger partial charge in [-0.2, -0.15) is 0 Å². The van der Waals surface area contributed by atoms with Crippen LogP contribution in [0.4, 0.5) is 5.13 Å². The van der Waals surface area contributed by atoms with Crippen molar-refractivity contribution in [3.8, 4) is 0 Å². The number of carbonyl (C=O) groups is 3. The van der Waals surface area contributed by atoms with Crippen molar-refractivity contribution in [2.75, 3.05) is 25.7 Å². The SMILES string of the molecule is CCOC1=C(C(=O)OC)C(C(=O)OC)N(c2nc3cc(C)ccc3s2)C1=O. The standard InChI is InChI=1S/C18H18N2O6S/c1-5-26-14-12(16(22)24-3)13(17(23)25-4)20(15(14)21)18-19-10-8-9(2)6-7-11(10)27-18/h6-8,13H,5H2,1-4H3. The molecule has 9 heteroatoms. The summed E-state index contributed by atoms with van der Waals surface area (Å²) in [4.78, 5) is 43.4. The molecule has 8 nitrogen and oxygen atoms in total. The van der Waals surface area contributed by atoms with E-state index in [1.165, 1.54) is 25.6 Å². The number of ether oxygens (including phenoxy) is 3. The molecule has 1 atom stereocenters. The van der Waals surface area contributed by atoms with Crippen LogP contribution in [0, 0.1) is 6.92 Å². The Labute approximate surface area is 159 Å². The van der Waals surface area contributed by atoms with Crippen molar-refractivity contribution in [3.05, 3.63) is 35.1 Å². The number of thiazole rings is 1. The van der Waals surface area contributed by atoms with Crippen LogP contribution >= 0.6 is 11.3 Å². The van der Waals surface area contributed by atoms with Crippen LogP contribution in [0.1, 0.15) is 12.5 Å². The third-order valence-corrected chi connectivity index (χ3v) is 5.08. The number of hydrogen-bond acceptors (Lipinski definition) is 8. The van der Waals surface area contributed by atoms with Gasteiger partial charge < -0.3 is 14.2 Å². The summed E-state index contributed by atoms with van der Waals surface area (Å²) < 4.78 is 15.8. The Balaban J connectivity index is 2.16. The number of anilines is 1. The van der Waals surface area contributed by atoms with Crippen LogP contribution in [-0.2, 0) is 28.6 Å². The first-order valence-corrected chi connectivity index (χ1v) is 8.98. The quantitative estimate of drug-likeness (QED) is 0.720. The van der Waals surface area contributed by atoms with Gasteiger partial charge in [0.2, 0.25) is 0 Å². The molecule has 0 aliphatic carbocycles. The number of hydrogen-bond donors (Lipinski definition) is 0. The molecule has 1 aliphatic heterocycles. The highest BCUT2D eigenvalue weighted by Gasteiger charge is 2.50. The fraction of sp³-hybridized carbons (Fsp3) is 0.333. The Morgan fingerprint density at radius 3 is 2.63 bits per heavy atom. The van der Waals surface area contributed by atoms with E-state index in [0.717, 1.165) is 15.2 Å². The Hall–Kier alpha value is -2.94. The third kappa shape index (κ3) is 3.14. The number of rotatable bonds is 5. The van der Waals surface area contributed by atoms with Crippen molar-refractivity contribution >= 4 is 44.5 Å². The van der Waals surface area contributed by atoms with Gasteiger partial charge in [-0.25, -0.2) is 14.6 Å². The summed E-state index contributed by atoms with van der Waals surface area (Å²) in [6.07, 6.45) is 0. The lowest BCUT2D eigenvalue weighted by atomic mass is 10.1. The molecule has 0 N–H and O–H groups in total. The predicted octanol–water partition coefficient (Wildman–Crippen LogP) is 1.96. The Bertz CT molecular complexity index is 964. The van der Waals surface area contributed by atoms with Gasteiger partial charge in [-0.15, -0.1) is 0 Å². The van der Waals surface area contributed by atoms with Gasteiger partial charge in [0.1, 0.15) is 5.57 Å². The Kier molecular flexibility index (Phi) is 5.13. The fourth-order valence-electron chi connectivity index (χ4n) is 2.85. The maximum atomic E-state index is 13.0. The molecule has 0 saturated heterocycles. The van der Waals surface area contributed by atoms with Crippen LogP contribution in [0.15, 0.2) is 29.5 Å². The predicted molar refractivity (Wildman–Crippen MR) is 98.3 cm³/mol. The maximum absolute atomic E-state index is 13.0. The largest absolute Gasteiger partial charge is 0.488 e. The van der Waals surface area contributed by atoms with Gasteiger partial charge in [0.05, 0.1) is 31.0 Å². The number of fused-ring (bicyclic) bond motifs is 1. The van der Waals surface area contributed by atoms with E-state index >= 15 is 0 Å². The molecule has 2 heterocycles. The minimum absolute atomic E-state index is 0.141. The zero-order valence-corrected chi connectivity index (χ0v) is 16.1. The average molecular weight is 390 g/mol. The molecule has 3 rings (SSSR count). The first-order valence-electron chi connectivity index (χ1n) is 8.16. The number of methoxy groups -OCH3 is 2. The summed E-state index contributed by atoms with van der Waals surface area (Å²) in [6, 6.07) is 4.37. The molecule has 2 aromatic rings. The van der Waals surface area contributed by atoms with Gasteiger partial charge in [0.15, 0.2) is 16.9 Å². The molecule has 1 aliphatic rings. The topological polar surface area (TPSA) is 95.0 Å². The molecule has 142 valence electrons. The van der Waals surface area contributed by atoms with Crippen molar-refractivity contribution in [1.82, 2.24) is 4.98 Å². The second-order valence-corrected chi connectivity index (χ2v) is 6.74. The van der Waals surface area contributed by atoms with Crippen LogP contribution < -0.4 is 4.90 Å². The number of carbonyl (C=O) groups excluding carboxylic acids is 3. The van der Waals surface area contributed by atoms with Crippen molar-refractivity contribution in [1.29, 1.82) is 0 Å². The normalized spacial score (nSPS) is 16.8. The first kappa shape index (κ1) is 18.8. The highest BCUT2D eigenvalue weighted by atomic mass is 32.1. The molecule has 0 spiro atoms. The number of amides is 1. The molecule has 1 amide bonds. The van der Waals surface area contributed by atoms with Crippen molar-refractivity contribution in [2.45, 2.75) is 19.9 Å². The van der Waals surface area contributed by atoms with E-state index in [4.69, 9.17) is 14.2 Å². The van der Waals surface area contributed by atoms with Gasteiger partial charge in [0, 0.05) is 0 Å². The van der Waals surface area contributed by atoms with Gasteiger partial charge >= 0.3 is 11.9 Å². The van der Waals surface area contributed by atoms with Crippen LogP contribution in [-0.4, -0.2) is 49.7 Å². The summed E-state index contributed by atoms with van der Waals surface area (Å²) in [6.45, 7) is 3.74. The lowest BCUT2D eigenvalue weighted by molar-refractivity contribution is -0.144. The van der Waals surface area contributed by atoms with E-state index < -0.39 is 23.9 Å². The molecule has 0 radical (unpaired) electrons. The molecule has 1 aromatic heterocycles. The lowest BCUT2D eigenvalue weighted by Gasteiger charge is -2.21. The van der Waals surface area contributed by atoms with Gasteiger partial charge in [-0.3, -0.25) is 9.69 Å². The van der Waals surface area contributed by atoms with Crippen LogP contribution in [0.3, 0.4) is 0 Å². The molecule has 0 fully saturated rings. The number of aryl methyl sites for hydroxylation is 1. The van der Waals surface area contributed by atoms with Gasteiger partial charge in [0.25, 0.3) is 5.91 Å². The van der Waals surface area contributed by atoms with E-state index in [9.17, 15) is 14.4 Å². The Morgan fingerprint density at radius 2 is 2.00 bits per heavy atom. The van der Waals surface area contributed by atoms with E-state index in [1.54, 1.807) is 6.92 Å². The second kappa shape index (κ2) is 7.36. The molecule has 0 saturated carbocycles. The maximum Gasteiger partial charge on any atom is 0.340 e. The average Bonchev–Trinajstić information content (AvgIpc) is 3.19. The number of nitrogens with zero attached hydrogens (tertiary/aromatic N) is 2. The molecule has 1 aromatic carbocycles. The number of benzene rings is 1. The van der Waals surface area contributed by atoms with Crippen molar-refractivity contribution in [3.63, 3.8) is 0 Å². The molecule has 0 bridgehead atoms. The summed E-state index contributed by atoms with van der Waals surface area (Å²) in [5, 5.41) is 0.270. The van der Waals surface area contributed by atoms with Crippen LogP contribution in [0.5, 0.6) is 0 Å². The minimum atomic E-state index is -1.32. The Morgan fingerprint density at radius 1 is 1.26 bits per heavy atom. The highest BCUT2D eigenvalue weighted by molar-refractivity contribution is 7.22. The number of aromatic nitrogens is 1. The minimum Gasteiger partial charge on any atom is -0.488 e. The zero-order valence-electron chi connectivity index (χ0n) is 15.3. The summed E-state index contributed by atoms with van der Waals surface area (Å²) in [5.41, 5.74) is 1.52. The van der Waals surface area contributed by atoms with Crippen molar-refractivity contribution in [2.24, 2.45) is 0 Å². The van der Waals surface area contributed by atoms with Crippen molar-refractivity contribution < 1.29 is 28.6 Å². The van der Waals surface area contributed by atoms with E-state index in [0.29, 0.717) is 5.52 Å². The summed E-state index contributed by atoms with van der Waals surface area (Å²) in [5.74, 6) is -2.48. The monoisotopic (exact) mass is 390 g/mol. The lowest BCUT2D eigenvalue weighted by Crippen LogP contribution is -2.43. The molecular formula is C18H18N2O6S. The fourth-order valence-corrected chi connectivity index (χ4v) is 3.83. The highest BCUT2D eigenvalue weighted by Crippen LogP contribution is 2.37. The first-order chi connectivity index (χ1) is 12.9. The van der Waals surface area contributed by atoms with E-state index in [1.807, 2.05) is 25.1 Å². The third-order valence-electron chi connectivity index (χ3n) is 4.05. The van der Waals surface area contributed by atoms with Gasteiger partial charge in [-0.05, 0) is 31.5 Å². The molecular weight excluding hydrogens is 372 g/mol.